The Morgan fingerprint density at radius 2 is 2.15 bits per heavy atom. The van der Waals surface area contributed by atoms with E-state index >= 15 is 0 Å². The highest BCUT2D eigenvalue weighted by Crippen LogP contribution is 2.26. The van der Waals surface area contributed by atoms with E-state index in [-0.39, 0.29) is 12.4 Å². The van der Waals surface area contributed by atoms with Crippen LogP contribution in [-0.2, 0) is 6.61 Å². The second kappa shape index (κ2) is 7.19. The number of hydrogen-bond donors (Lipinski definition) is 1. The normalized spacial score (nSPS) is 10.3. The molecular formula is C14H15BrFN3O. The lowest BCUT2D eigenvalue weighted by Gasteiger charge is -2.08. The molecule has 0 atom stereocenters. The topological polar surface area (TPSA) is 47.0 Å². The summed E-state index contributed by atoms with van der Waals surface area (Å²) >= 11 is 3.31. The lowest BCUT2D eigenvalue weighted by molar-refractivity contribution is 0.297. The van der Waals surface area contributed by atoms with Crippen molar-refractivity contribution >= 4 is 21.7 Å². The van der Waals surface area contributed by atoms with Gasteiger partial charge < -0.3 is 10.1 Å². The number of benzene rings is 1. The summed E-state index contributed by atoms with van der Waals surface area (Å²) in [6.45, 7) is 3.18. The maximum atomic E-state index is 13.1. The van der Waals surface area contributed by atoms with Gasteiger partial charge in [-0.1, -0.05) is 6.92 Å². The highest BCUT2D eigenvalue weighted by Gasteiger charge is 2.04. The van der Waals surface area contributed by atoms with Crippen molar-refractivity contribution in [3.8, 4) is 5.75 Å². The van der Waals surface area contributed by atoms with Crippen molar-refractivity contribution in [1.82, 2.24) is 9.97 Å². The van der Waals surface area contributed by atoms with Crippen LogP contribution >= 0.6 is 15.9 Å². The Bertz CT molecular complexity index is 563. The molecule has 1 N–H and O–H groups in total. The molecule has 4 nitrogen and oxygen atoms in total. The van der Waals surface area contributed by atoms with Crippen LogP contribution in [0.3, 0.4) is 0 Å². The van der Waals surface area contributed by atoms with Crippen LogP contribution in [-0.4, -0.2) is 16.5 Å². The molecule has 1 heterocycles. The number of nitrogens with zero attached hydrogens (tertiary/aromatic N) is 2. The molecule has 1 aromatic carbocycles. The maximum absolute atomic E-state index is 13.1. The Morgan fingerprint density at radius 1 is 1.30 bits per heavy atom. The van der Waals surface area contributed by atoms with Crippen molar-refractivity contribution in [3.63, 3.8) is 0 Å². The molecule has 0 saturated carbocycles. The highest BCUT2D eigenvalue weighted by atomic mass is 79.9. The Labute approximate surface area is 125 Å². The molecule has 2 rings (SSSR count). The Kier molecular flexibility index (Phi) is 5.29. The maximum Gasteiger partial charge on any atom is 0.144 e. The molecule has 0 aliphatic rings. The largest absolute Gasteiger partial charge is 0.486 e. The van der Waals surface area contributed by atoms with Crippen molar-refractivity contribution < 1.29 is 9.13 Å². The Morgan fingerprint density at radius 3 is 2.85 bits per heavy atom. The number of hydrogen-bond acceptors (Lipinski definition) is 4. The average Bonchev–Trinajstić information content (AvgIpc) is 2.47. The zero-order chi connectivity index (χ0) is 14.4. The molecule has 0 aliphatic carbocycles. The monoisotopic (exact) mass is 339 g/mol. The quantitative estimate of drug-likeness (QED) is 0.869. The molecule has 6 heteroatoms. The third-order valence-electron chi connectivity index (χ3n) is 2.53. The minimum absolute atomic E-state index is 0.239. The van der Waals surface area contributed by atoms with Gasteiger partial charge in [-0.2, -0.15) is 0 Å². The van der Waals surface area contributed by atoms with Gasteiger partial charge in [-0.25, -0.2) is 9.37 Å². The summed E-state index contributed by atoms with van der Waals surface area (Å²) in [7, 11) is 0. The second-order valence-electron chi connectivity index (χ2n) is 4.18. The van der Waals surface area contributed by atoms with E-state index < -0.39 is 0 Å². The fraction of sp³-hybridized carbons (Fsp3) is 0.286. The standard InChI is InChI=1S/C14H15BrFN3O/c1-2-5-17-14-8-18-11(7-19-14)9-20-13-6-10(16)3-4-12(13)15/h3-4,6-8H,2,5,9H2,1H3,(H,17,19). The summed E-state index contributed by atoms with van der Waals surface area (Å²) in [5.74, 6) is 0.843. The van der Waals surface area contributed by atoms with Crippen LogP contribution in [0.1, 0.15) is 19.0 Å². The molecular weight excluding hydrogens is 325 g/mol. The molecule has 106 valence electrons. The number of ether oxygens (including phenoxy) is 1. The number of rotatable bonds is 6. The SMILES string of the molecule is CCCNc1cnc(COc2cc(F)ccc2Br)cn1. The van der Waals surface area contributed by atoms with Gasteiger partial charge >= 0.3 is 0 Å². The lowest BCUT2D eigenvalue weighted by atomic mass is 10.3. The molecule has 0 unspecified atom stereocenters. The predicted octanol–water partition coefficient (Wildman–Crippen LogP) is 3.78. The smallest absolute Gasteiger partial charge is 0.144 e. The van der Waals surface area contributed by atoms with Gasteiger partial charge in [0.2, 0.25) is 0 Å². The first kappa shape index (κ1) is 14.7. The summed E-state index contributed by atoms with van der Waals surface area (Å²) in [5.41, 5.74) is 0.684. The van der Waals surface area contributed by atoms with Gasteiger partial charge in [0.1, 0.15) is 24.0 Å². The van der Waals surface area contributed by atoms with Crippen LogP contribution in [0.25, 0.3) is 0 Å². The van der Waals surface area contributed by atoms with Crippen LogP contribution in [0.5, 0.6) is 5.75 Å². The van der Waals surface area contributed by atoms with Gasteiger partial charge in [0.15, 0.2) is 0 Å². The van der Waals surface area contributed by atoms with Crippen LogP contribution in [0.15, 0.2) is 35.1 Å². The fourth-order valence-electron chi connectivity index (χ4n) is 1.51. The van der Waals surface area contributed by atoms with Crippen LogP contribution < -0.4 is 10.1 Å². The number of halogens is 2. The first-order valence-electron chi connectivity index (χ1n) is 6.31. The van der Waals surface area contributed by atoms with E-state index in [1.807, 2.05) is 0 Å². The molecule has 0 bridgehead atoms. The van der Waals surface area contributed by atoms with E-state index in [2.05, 4.69) is 38.1 Å². The summed E-state index contributed by atoms with van der Waals surface area (Å²) in [5, 5.41) is 3.14. The third-order valence-corrected chi connectivity index (χ3v) is 3.19. The van der Waals surface area contributed by atoms with Crippen molar-refractivity contribution in [2.24, 2.45) is 0 Å². The molecule has 20 heavy (non-hydrogen) atoms. The lowest BCUT2D eigenvalue weighted by Crippen LogP contribution is -2.05. The highest BCUT2D eigenvalue weighted by molar-refractivity contribution is 9.10. The molecule has 1 aromatic heterocycles. The van der Waals surface area contributed by atoms with Crippen molar-refractivity contribution in [2.75, 3.05) is 11.9 Å². The fourth-order valence-corrected chi connectivity index (χ4v) is 1.87. The summed E-state index contributed by atoms with van der Waals surface area (Å²) < 4.78 is 19.3. The molecule has 0 amide bonds. The molecule has 0 aliphatic heterocycles. The van der Waals surface area contributed by atoms with E-state index in [0.29, 0.717) is 15.9 Å². The predicted molar refractivity (Wildman–Crippen MR) is 79.2 cm³/mol. The first-order valence-corrected chi connectivity index (χ1v) is 7.11. The molecule has 0 fully saturated rings. The zero-order valence-electron chi connectivity index (χ0n) is 11.1. The summed E-state index contributed by atoms with van der Waals surface area (Å²) in [6.07, 6.45) is 4.33. The van der Waals surface area contributed by atoms with Gasteiger partial charge in [0.25, 0.3) is 0 Å². The van der Waals surface area contributed by atoms with Crippen molar-refractivity contribution in [3.05, 3.63) is 46.6 Å². The Balaban J connectivity index is 1.95. The summed E-state index contributed by atoms with van der Waals surface area (Å²) in [4.78, 5) is 8.47. The van der Waals surface area contributed by atoms with Gasteiger partial charge in [-0.05, 0) is 34.5 Å². The van der Waals surface area contributed by atoms with Crippen molar-refractivity contribution in [1.29, 1.82) is 0 Å². The third kappa shape index (κ3) is 4.16. The van der Waals surface area contributed by atoms with E-state index in [0.717, 1.165) is 18.8 Å². The van der Waals surface area contributed by atoms with E-state index in [1.165, 1.54) is 12.1 Å². The molecule has 0 radical (unpaired) electrons. The van der Waals surface area contributed by atoms with E-state index in [1.54, 1.807) is 18.5 Å². The zero-order valence-corrected chi connectivity index (χ0v) is 12.7. The van der Waals surface area contributed by atoms with Gasteiger partial charge in [0, 0.05) is 12.6 Å². The van der Waals surface area contributed by atoms with Crippen LogP contribution in [0.4, 0.5) is 10.2 Å². The minimum Gasteiger partial charge on any atom is -0.486 e. The number of nitrogens with one attached hydrogen (secondary N) is 1. The summed E-state index contributed by atoms with van der Waals surface area (Å²) in [6, 6.07) is 4.30. The number of aromatic nitrogens is 2. The minimum atomic E-state index is -0.339. The second-order valence-corrected chi connectivity index (χ2v) is 5.04. The molecule has 2 aromatic rings. The molecule has 0 saturated heterocycles. The van der Waals surface area contributed by atoms with Gasteiger partial charge in [-0.15, -0.1) is 0 Å². The average molecular weight is 340 g/mol. The Hall–Kier alpha value is -1.69. The van der Waals surface area contributed by atoms with Crippen molar-refractivity contribution in [2.45, 2.75) is 20.0 Å². The van der Waals surface area contributed by atoms with E-state index in [4.69, 9.17) is 4.74 Å². The number of anilines is 1. The van der Waals surface area contributed by atoms with Gasteiger partial charge in [-0.3, -0.25) is 4.98 Å². The van der Waals surface area contributed by atoms with Crippen LogP contribution in [0.2, 0.25) is 0 Å². The van der Waals surface area contributed by atoms with Gasteiger partial charge in [0.05, 0.1) is 22.6 Å². The first-order chi connectivity index (χ1) is 9.69. The van der Waals surface area contributed by atoms with Crippen LogP contribution in [0, 0.1) is 5.82 Å². The van der Waals surface area contributed by atoms with E-state index in [9.17, 15) is 4.39 Å². The molecule has 0 spiro atoms.